The Morgan fingerprint density at radius 2 is 1.79 bits per heavy atom. The number of benzene rings is 1. The third-order valence-electron chi connectivity index (χ3n) is 4.79. The molecule has 0 aliphatic carbocycles. The fourth-order valence-corrected chi connectivity index (χ4v) is 3.80. The van der Waals surface area contributed by atoms with Gasteiger partial charge in [0.05, 0.1) is 30.4 Å². The van der Waals surface area contributed by atoms with Crippen LogP contribution in [0.4, 0.5) is 0 Å². The largest absolute Gasteiger partial charge is 0.392 e. The summed E-state index contributed by atoms with van der Waals surface area (Å²) in [6.45, 7) is 12.7. The number of fused-ring (bicyclic) bond motifs is 3. The molecular formula is C21H32N2O. The van der Waals surface area contributed by atoms with Gasteiger partial charge in [-0.2, -0.15) is 0 Å². The average Bonchev–Trinajstić information content (AvgIpc) is 3.14. The number of aromatic nitrogens is 2. The summed E-state index contributed by atoms with van der Waals surface area (Å²) in [7, 11) is 0. The summed E-state index contributed by atoms with van der Waals surface area (Å²) in [6.07, 6.45) is 4.55. The van der Waals surface area contributed by atoms with Gasteiger partial charge in [-0.25, -0.2) is 4.98 Å². The first-order chi connectivity index (χ1) is 11.5. The standard InChI is InChI=1S/C19H26N2O.C2H6/c1-12(2)9-16(19(22)13(3)4)18-15-8-6-5-7-14(15)17-10-20-11-21(17)18;1-2/h5-8,10-13,16,18-19,22H,9H2,1-4H3;1-2H3/t16-,18+,19+;/m1./s1. The smallest absolute Gasteiger partial charge is 0.0956 e. The number of hydrogen-bond acceptors (Lipinski definition) is 2. The molecule has 3 heteroatoms. The number of hydrogen-bond donors (Lipinski definition) is 1. The van der Waals surface area contributed by atoms with E-state index in [4.69, 9.17) is 0 Å². The van der Waals surface area contributed by atoms with Crippen LogP contribution in [0.25, 0.3) is 11.3 Å². The molecule has 0 bridgehead atoms. The lowest BCUT2D eigenvalue weighted by Crippen LogP contribution is -2.34. The van der Waals surface area contributed by atoms with Crippen LogP contribution in [0.15, 0.2) is 36.8 Å². The van der Waals surface area contributed by atoms with Gasteiger partial charge in [-0.15, -0.1) is 0 Å². The maximum atomic E-state index is 10.9. The quantitative estimate of drug-likeness (QED) is 0.823. The summed E-state index contributed by atoms with van der Waals surface area (Å²) in [5.74, 6) is 1.01. The van der Waals surface area contributed by atoms with Gasteiger partial charge in [0.25, 0.3) is 0 Å². The Kier molecular flexibility index (Phi) is 6.22. The molecule has 0 fully saturated rings. The van der Waals surface area contributed by atoms with Gasteiger partial charge in [-0.3, -0.25) is 0 Å². The Hall–Kier alpha value is -1.61. The van der Waals surface area contributed by atoms with Crippen LogP contribution >= 0.6 is 0 Å². The first-order valence-electron chi connectivity index (χ1n) is 9.30. The fraction of sp³-hybridized carbons (Fsp3) is 0.571. The van der Waals surface area contributed by atoms with Gasteiger partial charge in [0.1, 0.15) is 0 Å². The normalized spacial score (nSPS) is 18.0. The lowest BCUT2D eigenvalue weighted by atomic mass is 9.79. The summed E-state index contributed by atoms with van der Waals surface area (Å²) >= 11 is 0. The molecular weight excluding hydrogens is 296 g/mol. The molecule has 0 unspecified atom stereocenters. The first kappa shape index (κ1) is 18.7. The van der Waals surface area contributed by atoms with E-state index in [1.165, 1.54) is 16.8 Å². The SMILES string of the molecule is CC.CC(C)C[C@@H]([C@@H](O)C(C)C)[C@@H]1c2ccccc2-c2cncn21. The van der Waals surface area contributed by atoms with Gasteiger partial charge in [-0.1, -0.05) is 65.8 Å². The minimum absolute atomic E-state index is 0.188. The lowest BCUT2D eigenvalue weighted by Gasteiger charge is -2.33. The molecule has 1 aliphatic heterocycles. The molecule has 24 heavy (non-hydrogen) atoms. The second-order valence-corrected chi connectivity index (χ2v) is 7.25. The molecule has 1 aromatic heterocycles. The number of aliphatic hydroxyl groups excluding tert-OH is 1. The van der Waals surface area contributed by atoms with Crippen molar-refractivity contribution in [2.75, 3.05) is 0 Å². The maximum absolute atomic E-state index is 10.9. The van der Waals surface area contributed by atoms with E-state index in [2.05, 4.69) is 61.5 Å². The molecule has 2 heterocycles. The van der Waals surface area contributed by atoms with Crippen molar-refractivity contribution in [3.63, 3.8) is 0 Å². The molecule has 3 nitrogen and oxygen atoms in total. The molecule has 0 spiro atoms. The molecule has 0 saturated heterocycles. The third-order valence-corrected chi connectivity index (χ3v) is 4.79. The highest BCUT2D eigenvalue weighted by Gasteiger charge is 2.38. The monoisotopic (exact) mass is 328 g/mol. The highest BCUT2D eigenvalue weighted by molar-refractivity contribution is 5.69. The van der Waals surface area contributed by atoms with Gasteiger partial charge in [0.15, 0.2) is 0 Å². The van der Waals surface area contributed by atoms with E-state index in [1.807, 2.05) is 26.4 Å². The van der Waals surface area contributed by atoms with Crippen molar-refractivity contribution in [1.82, 2.24) is 9.55 Å². The highest BCUT2D eigenvalue weighted by Crippen LogP contribution is 2.46. The number of rotatable bonds is 5. The summed E-state index contributed by atoms with van der Waals surface area (Å²) in [6, 6.07) is 8.73. The lowest BCUT2D eigenvalue weighted by molar-refractivity contribution is 0.0364. The molecule has 2 aromatic rings. The van der Waals surface area contributed by atoms with Crippen LogP contribution in [-0.2, 0) is 0 Å². The van der Waals surface area contributed by atoms with E-state index in [9.17, 15) is 5.11 Å². The zero-order valence-corrected chi connectivity index (χ0v) is 15.9. The van der Waals surface area contributed by atoms with Crippen molar-refractivity contribution in [2.45, 2.75) is 60.1 Å². The topological polar surface area (TPSA) is 38.1 Å². The zero-order valence-electron chi connectivity index (χ0n) is 15.9. The Morgan fingerprint density at radius 1 is 1.12 bits per heavy atom. The van der Waals surface area contributed by atoms with Crippen LogP contribution in [0.3, 0.4) is 0 Å². The average molecular weight is 329 g/mol. The van der Waals surface area contributed by atoms with Gasteiger partial charge < -0.3 is 9.67 Å². The van der Waals surface area contributed by atoms with Crippen LogP contribution in [0.5, 0.6) is 0 Å². The number of nitrogens with zero attached hydrogens (tertiary/aromatic N) is 2. The molecule has 1 aromatic carbocycles. The number of aliphatic hydroxyl groups is 1. The highest BCUT2D eigenvalue weighted by atomic mass is 16.3. The van der Waals surface area contributed by atoms with Crippen molar-refractivity contribution >= 4 is 0 Å². The summed E-state index contributed by atoms with van der Waals surface area (Å²) in [5.41, 5.74) is 3.75. The molecule has 0 amide bonds. The van der Waals surface area contributed by atoms with Crippen LogP contribution < -0.4 is 0 Å². The molecule has 1 N–H and O–H groups in total. The predicted molar refractivity (Wildman–Crippen MR) is 101 cm³/mol. The summed E-state index contributed by atoms with van der Waals surface area (Å²) in [4.78, 5) is 4.34. The summed E-state index contributed by atoms with van der Waals surface area (Å²) < 4.78 is 2.25. The van der Waals surface area contributed by atoms with Crippen molar-refractivity contribution in [3.05, 3.63) is 42.4 Å². The van der Waals surface area contributed by atoms with E-state index in [1.54, 1.807) is 0 Å². The summed E-state index contributed by atoms with van der Waals surface area (Å²) in [5, 5.41) is 10.9. The Bertz CT molecular complexity index is 645. The van der Waals surface area contributed by atoms with Gasteiger partial charge in [0.2, 0.25) is 0 Å². The minimum atomic E-state index is -0.311. The second kappa shape index (κ2) is 7.98. The third kappa shape index (κ3) is 3.41. The van der Waals surface area contributed by atoms with Gasteiger partial charge >= 0.3 is 0 Å². The molecule has 0 radical (unpaired) electrons. The van der Waals surface area contributed by atoms with Crippen LogP contribution in [-0.4, -0.2) is 20.8 Å². The second-order valence-electron chi connectivity index (χ2n) is 7.25. The fourth-order valence-electron chi connectivity index (χ4n) is 3.80. The van der Waals surface area contributed by atoms with Crippen molar-refractivity contribution in [3.8, 4) is 11.3 Å². The maximum Gasteiger partial charge on any atom is 0.0956 e. The van der Waals surface area contributed by atoms with Crippen molar-refractivity contribution in [1.29, 1.82) is 0 Å². The van der Waals surface area contributed by atoms with Crippen LogP contribution in [0, 0.1) is 17.8 Å². The van der Waals surface area contributed by atoms with E-state index >= 15 is 0 Å². The minimum Gasteiger partial charge on any atom is -0.392 e. The van der Waals surface area contributed by atoms with Gasteiger partial charge in [0, 0.05) is 11.5 Å². The van der Waals surface area contributed by atoms with Gasteiger partial charge in [-0.05, 0) is 23.8 Å². The Balaban J connectivity index is 0.00000100. The molecule has 1 aliphatic rings. The molecule has 3 atom stereocenters. The molecule has 132 valence electrons. The molecule has 3 rings (SSSR count). The Morgan fingerprint density at radius 3 is 2.42 bits per heavy atom. The van der Waals surface area contributed by atoms with Crippen molar-refractivity contribution < 1.29 is 5.11 Å². The van der Waals surface area contributed by atoms with E-state index < -0.39 is 0 Å². The first-order valence-corrected chi connectivity index (χ1v) is 9.30. The van der Waals surface area contributed by atoms with Crippen molar-refractivity contribution in [2.24, 2.45) is 17.8 Å². The van der Waals surface area contributed by atoms with E-state index in [0.29, 0.717) is 5.92 Å². The van der Waals surface area contributed by atoms with Crippen LogP contribution in [0.2, 0.25) is 0 Å². The number of imidazole rings is 1. The van der Waals surface area contributed by atoms with Crippen LogP contribution in [0.1, 0.15) is 59.6 Å². The zero-order chi connectivity index (χ0) is 17.9. The Labute approximate surface area is 146 Å². The molecule has 0 saturated carbocycles. The van der Waals surface area contributed by atoms with E-state index in [0.717, 1.165) is 6.42 Å². The predicted octanol–water partition coefficient (Wildman–Crippen LogP) is 5.16. The van der Waals surface area contributed by atoms with E-state index in [-0.39, 0.29) is 24.0 Å².